The van der Waals surface area contributed by atoms with Crippen LogP contribution in [-0.4, -0.2) is 57.8 Å². The van der Waals surface area contributed by atoms with Crippen LogP contribution in [0.5, 0.6) is 0 Å². The van der Waals surface area contributed by atoms with Crippen molar-refractivity contribution in [2.24, 2.45) is 13.0 Å². The number of nitrogens with zero attached hydrogens (tertiary/aromatic N) is 3. The first-order valence-corrected chi connectivity index (χ1v) is 7.63. The molecule has 1 fully saturated rings. The molecule has 1 atom stereocenters. The molecule has 7 heteroatoms. The number of ether oxygens (including phenoxy) is 1. The summed E-state index contributed by atoms with van der Waals surface area (Å²) in [5.41, 5.74) is -0.173. The topological polar surface area (TPSA) is 63.1 Å². The van der Waals surface area contributed by atoms with Crippen LogP contribution in [0.1, 0.15) is 13.8 Å². The molecule has 0 spiro atoms. The Balaban J connectivity index is 1.82. The molecule has 0 unspecified atom stereocenters. The Morgan fingerprint density at radius 3 is 3.00 bits per heavy atom. The molecule has 1 aliphatic heterocycles. The predicted molar refractivity (Wildman–Crippen MR) is 75.6 cm³/mol. The molecule has 6 nitrogen and oxygen atoms in total. The van der Waals surface area contributed by atoms with E-state index in [1.807, 2.05) is 0 Å². The van der Waals surface area contributed by atoms with E-state index in [0.717, 1.165) is 37.2 Å². The molecule has 0 aromatic carbocycles. The van der Waals surface area contributed by atoms with E-state index in [0.29, 0.717) is 5.92 Å². The van der Waals surface area contributed by atoms with Crippen molar-refractivity contribution in [1.29, 1.82) is 0 Å². The SMILES string of the molecule is CC(C)CN1CCO[C@H](CSc2n[nH]c(=O)n2C)C1. The van der Waals surface area contributed by atoms with Gasteiger partial charge in [0.1, 0.15) is 0 Å². The van der Waals surface area contributed by atoms with Gasteiger partial charge in [-0.15, -0.1) is 5.10 Å². The normalized spacial score (nSPS) is 21.2. The lowest BCUT2D eigenvalue weighted by molar-refractivity contribution is -0.0191. The Morgan fingerprint density at radius 2 is 2.37 bits per heavy atom. The zero-order valence-corrected chi connectivity index (χ0v) is 12.6. The molecule has 0 radical (unpaired) electrons. The number of aromatic nitrogens is 3. The van der Waals surface area contributed by atoms with Gasteiger partial charge in [0.05, 0.1) is 12.7 Å². The molecule has 0 aliphatic carbocycles. The van der Waals surface area contributed by atoms with Crippen molar-refractivity contribution in [1.82, 2.24) is 19.7 Å². The molecular formula is C12H22N4O2S. The van der Waals surface area contributed by atoms with Crippen LogP contribution in [0.4, 0.5) is 0 Å². The smallest absolute Gasteiger partial charge is 0.343 e. The fourth-order valence-corrected chi connectivity index (χ4v) is 3.12. The minimum Gasteiger partial charge on any atom is -0.375 e. The number of morpholine rings is 1. The third kappa shape index (κ3) is 4.09. The lowest BCUT2D eigenvalue weighted by Gasteiger charge is -2.33. The van der Waals surface area contributed by atoms with Crippen molar-refractivity contribution in [3.05, 3.63) is 10.5 Å². The number of aromatic amines is 1. The first-order chi connectivity index (χ1) is 9.06. The number of nitrogens with one attached hydrogen (secondary N) is 1. The monoisotopic (exact) mass is 286 g/mol. The van der Waals surface area contributed by atoms with Gasteiger partial charge in [-0.3, -0.25) is 9.47 Å². The van der Waals surface area contributed by atoms with Gasteiger partial charge in [-0.25, -0.2) is 9.89 Å². The van der Waals surface area contributed by atoms with Crippen LogP contribution in [0.2, 0.25) is 0 Å². The quantitative estimate of drug-likeness (QED) is 0.801. The molecule has 0 amide bonds. The average Bonchev–Trinajstić information content (AvgIpc) is 2.67. The largest absolute Gasteiger partial charge is 0.375 e. The second-order valence-corrected chi connectivity index (χ2v) is 6.31. The van der Waals surface area contributed by atoms with Gasteiger partial charge in [0.2, 0.25) is 0 Å². The van der Waals surface area contributed by atoms with Crippen LogP contribution in [0.3, 0.4) is 0 Å². The van der Waals surface area contributed by atoms with Gasteiger partial charge in [-0.1, -0.05) is 25.6 Å². The van der Waals surface area contributed by atoms with Crippen molar-refractivity contribution < 1.29 is 4.74 Å². The van der Waals surface area contributed by atoms with Crippen LogP contribution in [0.25, 0.3) is 0 Å². The number of hydrogen-bond acceptors (Lipinski definition) is 5. The summed E-state index contributed by atoms with van der Waals surface area (Å²) < 4.78 is 7.30. The summed E-state index contributed by atoms with van der Waals surface area (Å²) in [6, 6.07) is 0. The summed E-state index contributed by atoms with van der Waals surface area (Å²) in [6.45, 7) is 8.35. The molecule has 1 N–H and O–H groups in total. The Morgan fingerprint density at radius 1 is 1.58 bits per heavy atom. The Bertz CT molecular complexity index is 457. The second-order valence-electron chi connectivity index (χ2n) is 5.33. The molecule has 1 aromatic heterocycles. The van der Waals surface area contributed by atoms with Gasteiger partial charge in [-0.2, -0.15) is 0 Å². The molecule has 2 heterocycles. The molecule has 0 saturated carbocycles. The molecule has 108 valence electrons. The zero-order chi connectivity index (χ0) is 13.8. The molecule has 1 saturated heterocycles. The summed E-state index contributed by atoms with van der Waals surface area (Å²) in [6.07, 6.45) is 0.212. The number of rotatable bonds is 5. The van der Waals surface area contributed by atoms with E-state index in [2.05, 4.69) is 28.9 Å². The highest BCUT2D eigenvalue weighted by molar-refractivity contribution is 7.99. The van der Waals surface area contributed by atoms with Crippen LogP contribution in [-0.2, 0) is 11.8 Å². The van der Waals surface area contributed by atoms with E-state index >= 15 is 0 Å². The van der Waals surface area contributed by atoms with Crippen molar-refractivity contribution in [3.63, 3.8) is 0 Å². The number of hydrogen-bond donors (Lipinski definition) is 1. The first kappa shape index (κ1) is 14.6. The van der Waals surface area contributed by atoms with E-state index in [9.17, 15) is 4.79 Å². The van der Waals surface area contributed by atoms with Gasteiger partial charge in [0.25, 0.3) is 0 Å². The van der Waals surface area contributed by atoms with E-state index < -0.39 is 0 Å². The highest BCUT2D eigenvalue weighted by Crippen LogP contribution is 2.17. The maximum Gasteiger partial charge on any atom is 0.343 e. The fraction of sp³-hybridized carbons (Fsp3) is 0.833. The summed E-state index contributed by atoms with van der Waals surface area (Å²) in [5, 5.41) is 7.15. The van der Waals surface area contributed by atoms with Crippen LogP contribution in [0, 0.1) is 5.92 Å². The van der Waals surface area contributed by atoms with Crippen molar-refractivity contribution in [3.8, 4) is 0 Å². The van der Waals surface area contributed by atoms with Gasteiger partial charge in [0, 0.05) is 32.4 Å². The lowest BCUT2D eigenvalue weighted by atomic mass is 10.2. The predicted octanol–water partition coefficient (Wildman–Crippen LogP) is 0.557. The lowest BCUT2D eigenvalue weighted by Crippen LogP contribution is -2.44. The van der Waals surface area contributed by atoms with Gasteiger partial charge in [-0.05, 0) is 5.92 Å². The van der Waals surface area contributed by atoms with Crippen molar-refractivity contribution >= 4 is 11.8 Å². The average molecular weight is 286 g/mol. The van der Waals surface area contributed by atoms with E-state index in [4.69, 9.17) is 4.74 Å². The minimum absolute atomic E-state index is 0.173. The number of H-pyrrole nitrogens is 1. The molecule has 0 bridgehead atoms. The maximum atomic E-state index is 11.3. The van der Waals surface area contributed by atoms with Crippen molar-refractivity contribution in [2.45, 2.75) is 25.1 Å². The van der Waals surface area contributed by atoms with Gasteiger partial charge >= 0.3 is 5.69 Å². The molecule has 19 heavy (non-hydrogen) atoms. The van der Waals surface area contributed by atoms with Crippen LogP contribution < -0.4 is 5.69 Å². The Hall–Kier alpha value is -0.790. The molecule has 1 aromatic rings. The Labute approximate surface area is 117 Å². The van der Waals surface area contributed by atoms with E-state index in [-0.39, 0.29) is 11.8 Å². The highest BCUT2D eigenvalue weighted by atomic mass is 32.2. The first-order valence-electron chi connectivity index (χ1n) is 6.64. The molecule has 1 aliphatic rings. The maximum absolute atomic E-state index is 11.3. The summed E-state index contributed by atoms with van der Waals surface area (Å²) in [5.74, 6) is 1.51. The van der Waals surface area contributed by atoms with E-state index in [1.54, 1.807) is 18.8 Å². The van der Waals surface area contributed by atoms with Gasteiger partial charge < -0.3 is 4.74 Å². The number of thioether (sulfide) groups is 1. The third-order valence-electron chi connectivity index (χ3n) is 3.08. The molecular weight excluding hydrogens is 264 g/mol. The van der Waals surface area contributed by atoms with Gasteiger partial charge in [0.15, 0.2) is 5.16 Å². The Kier molecular flexibility index (Phi) is 5.06. The summed E-state index contributed by atoms with van der Waals surface area (Å²) in [4.78, 5) is 13.7. The fourth-order valence-electron chi connectivity index (χ4n) is 2.19. The third-order valence-corrected chi connectivity index (χ3v) is 4.25. The minimum atomic E-state index is -0.173. The van der Waals surface area contributed by atoms with Crippen LogP contribution >= 0.6 is 11.8 Å². The zero-order valence-electron chi connectivity index (χ0n) is 11.8. The summed E-state index contributed by atoms with van der Waals surface area (Å²) in [7, 11) is 1.72. The highest BCUT2D eigenvalue weighted by Gasteiger charge is 2.21. The van der Waals surface area contributed by atoms with Crippen LogP contribution in [0.15, 0.2) is 9.95 Å². The standard InChI is InChI=1S/C12H22N4O2S/c1-9(2)6-16-4-5-18-10(7-16)8-19-12-14-13-11(17)15(12)3/h9-10H,4-8H2,1-3H3,(H,13,17)/t10-/m0/s1. The molecule has 2 rings (SSSR count). The van der Waals surface area contributed by atoms with E-state index in [1.165, 1.54) is 4.57 Å². The summed E-state index contributed by atoms with van der Waals surface area (Å²) >= 11 is 1.56. The van der Waals surface area contributed by atoms with Crippen molar-refractivity contribution in [2.75, 3.05) is 32.0 Å². The second kappa shape index (κ2) is 6.58.